The normalized spacial score (nSPS) is 27.1. The molecule has 0 amide bonds. The van der Waals surface area contributed by atoms with E-state index in [1.54, 1.807) is 0 Å². The molecule has 2 heteroatoms. The van der Waals surface area contributed by atoms with E-state index in [-0.39, 0.29) is 0 Å². The number of hydrogen-bond donors (Lipinski definition) is 1. The summed E-state index contributed by atoms with van der Waals surface area (Å²) in [6.07, 6.45) is 9.68. The van der Waals surface area contributed by atoms with Crippen LogP contribution in [0, 0.1) is 17.8 Å². The average Bonchev–Trinajstić information content (AvgIpc) is 2.40. The van der Waals surface area contributed by atoms with E-state index >= 15 is 0 Å². The van der Waals surface area contributed by atoms with Crippen molar-refractivity contribution in [3.63, 3.8) is 0 Å². The van der Waals surface area contributed by atoms with Crippen molar-refractivity contribution in [2.75, 3.05) is 19.7 Å². The standard InChI is InChI=1S/C18H37NO/c1-15(2)14-19-11-7-5-6-8-12-20-18-10-9-16(3)17(4)13-18/h15-19H,5-14H2,1-4H3. The van der Waals surface area contributed by atoms with Crippen LogP contribution < -0.4 is 5.32 Å². The third-order valence-electron chi connectivity index (χ3n) is 4.70. The second-order valence-electron chi connectivity index (χ2n) is 7.27. The lowest BCUT2D eigenvalue weighted by atomic mass is 9.80. The van der Waals surface area contributed by atoms with Crippen molar-refractivity contribution in [3.8, 4) is 0 Å². The van der Waals surface area contributed by atoms with Crippen molar-refractivity contribution in [1.29, 1.82) is 0 Å². The monoisotopic (exact) mass is 283 g/mol. The van der Waals surface area contributed by atoms with E-state index in [4.69, 9.17) is 4.74 Å². The Kier molecular flexibility index (Phi) is 9.54. The van der Waals surface area contributed by atoms with Gasteiger partial charge < -0.3 is 10.1 Å². The average molecular weight is 284 g/mol. The van der Waals surface area contributed by atoms with E-state index in [0.717, 1.165) is 30.9 Å². The van der Waals surface area contributed by atoms with Crippen molar-refractivity contribution in [2.45, 2.75) is 78.7 Å². The van der Waals surface area contributed by atoms with Crippen molar-refractivity contribution in [1.82, 2.24) is 5.32 Å². The zero-order chi connectivity index (χ0) is 14.8. The van der Waals surface area contributed by atoms with Gasteiger partial charge in [0.25, 0.3) is 0 Å². The molecule has 1 aliphatic rings. The van der Waals surface area contributed by atoms with Crippen LogP contribution >= 0.6 is 0 Å². The Balaban J connectivity index is 1.85. The van der Waals surface area contributed by atoms with Gasteiger partial charge in [-0.3, -0.25) is 0 Å². The molecule has 0 heterocycles. The van der Waals surface area contributed by atoms with Gasteiger partial charge in [0, 0.05) is 6.61 Å². The minimum atomic E-state index is 0.550. The van der Waals surface area contributed by atoms with E-state index in [2.05, 4.69) is 33.0 Å². The van der Waals surface area contributed by atoms with Gasteiger partial charge in [0.1, 0.15) is 0 Å². The van der Waals surface area contributed by atoms with Crippen LogP contribution in [0.2, 0.25) is 0 Å². The topological polar surface area (TPSA) is 21.3 Å². The molecule has 1 N–H and O–H groups in total. The lowest BCUT2D eigenvalue weighted by molar-refractivity contribution is 0.00100. The maximum atomic E-state index is 6.05. The van der Waals surface area contributed by atoms with Crippen molar-refractivity contribution in [3.05, 3.63) is 0 Å². The highest BCUT2D eigenvalue weighted by Crippen LogP contribution is 2.30. The molecule has 0 spiro atoms. The van der Waals surface area contributed by atoms with E-state index in [0.29, 0.717) is 6.10 Å². The van der Waals surface area contributed by atoms with Crippen LogP contribution in [-0.4, -0.2) is 25.8 Å². The third-order valence-corrected chi connectivity index (χ3v) is 4.70. The van der Waals surface area contributed by atoms with Crippen LogP contribution in [0.25, 0.3) is 0 Å². The molecule has 120 valence electrons. The number of hydrogen-bond acceptors (Lipinski definition) is 2. The zero-order valence-corrected chi connectivity index (χ0v) is 14.3. The largest absolute Gasteiger partial charge is 0.378 e. The van der Waals surface area contributed by atoms with Gasteiger partial charge in [-0.25, -0.2) is 0 Å². The second-order valence-corrected chi connectivity index (χ2v) is 7.27. The highest BCUT2D eigenvalue weighted by atomic mass is 16.5. The van der Waals surface area contributed by atoms with Crippen LogP contribution in [0.5, 0.6) is 0 Å². The second kappa shape index (κ2) is 10.6. The van der Waals surface area contributed by atoms with Gasteiger partial charge in [0.15, 0.2) is 0 Å². The minimum Gasteiger partial charge on any atom is -0.378 e. The van der Waals surface area contributed by atoms with Gasteiger partial charge in [-0.15, -0.1) is 0 Å². The SMILES string of the molecule is CC(C)CNCCCCCCOC1CCC(C)C(C)C1. The summed E-state index contributed by atoms with van der Waals surface area (Å²) in [7, 11) is 0. The van der Waals surface area contributed by atoms with Crippen molar-refractivity contribution in [2.24, 2.45) is 17.8 Å². The molecular weight excluding hydrogens is 246 g/mol. The zero-order valence-electron chi connectivity index (χ0n) is 14.3. The fourth-order valence-corrected chi connectivity index (χ4v) is 3.00. The van der Waals surface area contributed by atoms with Gasteiger partial charge >= 0.3 is 0 Å². The fourth-order valence-electron chi connectivity index (χ4n) is 3.00. The van der Waals surface area contributed by atoms with Crippen LogP contribution in [0.1, 0.15) is 72.6 Å². The maximum Gasteiger partial charge on any atom is 0.0577 e. The summed E-state index contributed by atoms with van der Waals surface area (Å²) < 4.78 is 6.05. The number of rotatable bonds is 10. The molecule has 1 aliphatic carbocycles. The van der Waals surface area contributed by atoms with E-state index in [1.165, 1.54) is 51.5 Å². The van der Waals surface area contributed by atoms with Gasteiger partial charge in [0.2, 0.25) is 0 Å². The Morgan fingerprint density at radius 3 is 2.45 bits per heavy atom. The van der Waals surface area contributed by atoms with E-state index in [9.17, 15) is 0 Å². The quantitative estimate of drug-likeness (QED) is 0.590. The lowest BCUT2D eigenvalue weighted by Gasteiger charge is -2.32. The molecule has 3 atom stereocenters. The highest BCUT2D eigenvalue weighted by molar-refractivity contribution is 4.75. The summed E-state index contributed by atoms with van der Waals surface area (Å²) in [6, 6.07) is 0. The minimum absolute atomic E-state index is 0.550. The number of nitrogens with one attached hydrogen (secondary N) is 1. The van der Waals surface area contributed by atoms with Gasteiger partial charge in [-0.2, -0.15) is 0 Å². The maximum absolute atomic E-state index is 6.05. The first kappa shape index (κ1) is 18.0. The molecule has 0 aliphatic heterocycles. The van der Waals surface area contributed by atoms with Crippen molar-refractivity contribution < 1.29 is 4.74 Å². The molecule has 0 aromatic rings. The van der Waals surface area contributed by atoms with E-state index in [1.807, 2.05) is 0 Å². The molecule has 0 aromatic carbocycles. The molecule has 2 nitrogen and oxygen atoms in total. The van der Waals surface area contributed by atoms with E-state index < -0.39 is 0 Å². The summed E-state index contributed by atoms with van der Waals surface area (Å²) in [4.78, 5) is 0. The lowest BCUT2D eigenvalue weighted by Crippen LogP contribution is -2.27. The van der Waals surface area contributed by atoms with Crippen LogP contribution in [0.4, 0.5) is 0 Å². The summed E-state index contributed by atoms with van der Waals surface area (Å²) in [5.74, 6) is 2.51. The summed E-state index contributed by atoms with van der Waals surface area (Å²) in [5.41, 5.74) is 0. The number of unbranched alkanes of at least 4 members (excludes halogenated alkanes) is 3. The molecule has 1 rings (SSSR count). The van der Waals surface area contributed by atoms with Gasteiger partial charge in [0.05, 0.1) is 6.10 Å². The van der Waals surface area contributed by atoms with Crippen molar-refractivity contribution >= 4 is 0 Å². The smallest absolute Gasteiger partial charge is 0.0577 e. The summed E-state index contributed by atoms with van der Waals surface area (Å²) in [5, 5.41) is 3.51. The molecule has 3 unspecified atom stereocenters. The highest BCUT2D eigenvalue weighted by Gasteiger charge is 2.24. The molecule has 20 heavy (non-hydrogen) atoms. The molecule has 1 fully saturated rings. The summed E-state index contributed by atoms with van der Waals surface area (Å²) >= 11 is 0. The molecule has 0 aromatic heterocycles. The fraction of sp³-hybridized carbons (Fsp3) is 1.00. The Hall–Kier alpha value is -0.0800. The first-order chi connectivity index (χ1) is 9.59. The van der Waals surface area contributed by atoms with Crippen LogP contribution in [0.3, 0.4) is 0 Å². The molecule has 0 radical (unpaired) electrons. The number of ether oxygens (including phenoxy) is 1. The Labute approximate surface area is 127 Å². The van der Waals surface area contributed by atoms with Gasteiger partial charge in [-0.05, 0) is 62.9 Å². The molecule has 0 saturated heterocycles. The predicted molar refractivity (Wildman–Crippen MR) is 88.1 cm³/mol. The molecular formula is C18H37NO. The molecule has 1 saturated carbocycles. The third kappa shape index (κ3) is 8.26. The van der Waals surface area contributed by atoms with Crippen LogP contribution in [0.15, 0.2) is 0 Å². The predicted octanol–water partition coefficient (Wildman–Crippen LogP) is 4.63. The Morgan fingerprint density at radius 2 is 1.75 bits per heavy atom. The first-order valence-corrected chi connectivity index (χ1v) is 8.92. The molecule has 0 bridgehead atoms. The summed E-state index contributed by atoms with van der Waals surface area (Å²) in [6.45, 7) is 12.6. The van der Waals surface area contributed by atoms with Crippen LogP contribution in [-0.2, 0) is 4.74 Å². The first-order valence-electron chi connectivity index (χ1n) is 8.92. The Morgan fingerprint density at radius 1 is 1.00 bits per heavy atom. The Bertz CT molecular complexity index is 229. The van der Waals surface area contributed by atoms with Gasteiger partial charge in [-0.1, -0.05) is 40.5 Å².